The highest BCUT2D eigenvalue weighted by Crippen LogP contribution is 2.21. The van der Waals surface area contributed by atoms with Gasteiger partial charge in [0.05, 0.1) is 11.4 Å². The molecule has 7 heteroatoms. The van der Waals surface area contributed by atoms with Gasteiger partial charge in [-0.15, -0.1) is 0 Å². The molecule has 0 aliphatic rings. The summed E-state index contributed by atoms with van der Waals surface area (Å²) >= 11 is 0. The van der Waals surface area contributed by atoms with E-state index >= 15 is 0 Å². The van der Waals surface area contributed by atoms with Crippen molar-refractivity contribution in [1.82, 2.24) is 19.6 Å². The van der Waals surface area contributed by atoms with E-state index < -0.39 is 0 Å². The van der Waals surface area contributed by atoms with Crippen LogP contribution in [0.3, 0.4) is 0 Å². The molecule has 1 aromatic carbocycles. The molecule has 3 aromatic rings. The van der Waals surface area contributed by atoms with E-state index in [4.69, 9.17) is 0 Å². The monoisotopic (exact) mass is 311 g/mol. The van der Waals surface area contributed by atoms with E-state index in [1.54, 1.807) is 35.1 Å². The Kier molecular flexibility index (Phi) is 3.84. The number of nitrogens with zero attached hydrogens (tertiary/aromatic N) is 4. The van der Waals surface area contributed by atoms with Gasteiger partial charge in [0.2, 0.25) is 0 Å². The van der Waals surface area contributed by atoms with Crippen LogP contribution in [0.1, 0.15) is 21.9 Å². The zero-order chi connectivity index (χ0) is 16.4. The Hall–Kier alpha value is -3.09. The Balaban J connectivity index is 1.72. The lowest BCUT2D eigenvalue weighted by molar-refractivity contribution is 0.102. The average Bonchev–Trinajstić information content (AvgIpc) is 3.09. The number of nitrogens with one attached hydrogen (secondary N) is 1. The van der Waals surface area contributed by atoms with E-state index in [1.165, 1.54) is 6.07 Å². The normalized spacial score (nSPS) is 10.7. The highest BCUT2D eigenvalue weighted by molar-refractivity contribution is 6.03. The Morgan fingerprint density at radius 1 is 1.22 bits per heavy atom. The van der Waals surface area contributed by atoms with Crippen LogP contribution in [0.25, 0.3) is 0 Å². The van der Waals surface area contributed by atoms with Gasteiger partial charge in [0.15, 0.2) is 5.69 Å². The number of phenols is 1. The predicted octanol–water partition coefficient (Wildman–Crippen LogP) is 2.16. The molecule has 2 N–H and O–H groups in total. The topological polar surface area (TPSA) is 85.0 Å². The number of aromatic nitrogens is 4. The molecule has 0 bridgehead atoms. The Morgan fingerprint density at radius 3 is 2.70 bits per heavy atom. The van der Waals surface area contributed by atoms with Crippen molar-refractivity contribution in [3.05, 3.63) is 59.7 Å². The summed E-state index contributed by atoms with van der Waals surface area (Å²) in [6, 6.07) is 10.2. The number of benzene rings is 1. The first-order chi connectivity index (χ1) is 11.0. The number of phenolic OH excluding ortho intramolecular Hbond substituents is 1. The molecular weight excluding hydrogens is 294 g/mol. The summed E-state index contributed by atoms with van der Waals surface area (Å²) < 4.78 is 3.45. The molecule has 23 heavy (non-hydrogen) atoms. The summed E-state index contributed by atoms with van der Waals surface area (Å²) in [6.45, 7) is 4.33. The summed E-state index contributed by atoms with van der Waals surface area (Å²) in [4.78, 5) is 12.2. The van der Waals surface area contributed by atoms with Crippen LogP contribution >= 0.6 is 0 Å². The van der Waals surface area contributed by atoms with Gasteiger partial charge in [-0.1, -0.05) is 12.1 Å². The van der Waals surface area contributed by atoms with Crippen molar-refractivity contribution in [3.8, 4) is 5.75 Å². The number of para-hydroxylation sites is 2. The van der Waals surface area contributed by atoms with Gasteiger partial charge >= 0.3 is 0 Å². The van der Waals surface area contributed by atoms with Gasteiger partial charge in [0, 0.05) is 11.9 Å². The molecule has 118 valence electrons. The SMILES string of the molecule is Cc1cc(C)n(Cn2ccc(C(=O)Nc3ccccc3O)n2)n1. The fourth-order valence-electron chi connectivity index (χ4n) is 2.28. The van der Waals surface area contributed by atoms with Gasteiger partial charge < -0.3 is 10.4 Å². The summed E-state index contributed by atoms with van der Waals surface area (Å²) in [7, 11) is 0. The molecule has 0 saturated carbocycles. The number of carbonyl (C=O) groups is 1. The van der Waals surface area contributed by atoms with Crippen molar-refractivity contribution in [2.45, 2.75) is 20.5 Å². The standard InChI is InChI=1S/C16H17N5O2/c1-11-9-12(2)21(18-11)10-20-8-7-14(19-20)16(23)17-13-5-3-4-6-15(13)22/h3-9,22H,10H2,1-2H3,(H,17,23). The van der Waals surface area contributed by atoms with Crippen molar-refractivity contribution >= 4 is 11.6 Å². The van der Waals surface area contributed by atoms with Crippen LogP contribution < -0.4 is 5.32 Å². The molecule has 7 nitrogen and oxygen atoms in total. The highest BCUT2D eigenvalue weighted by Gasteiger charge is 2.12. The molecule has 0 radical (unpaired) electrons. The number of rotatable bonds is 4. The van der Waals surface area contributed by atoms with Crippen LogP contribution in [0.4, 0.5) is 5.69 Å². The molecule has 0 unspecified atom stereocenters. The van der Waals surface area contributed by atoms with Crippen molar-refractivity contribution in [2.24, 2.45) is 0 Å². The second-order valence-corrected chi connectivity index (χ2v) is 5.28. The zero-order valence-electron chi connectivity index (χ0n) is 12.9. The largest absolute Gasteiger partial charge is 0.506 e. The lowest BCUT2D eigenvalue weighted by Gasteiger charge is -2.06. The van der Waals surface area contributed by atoms with E-state index in [2.05, 4.69) is 15.5 Å². The first-order valence-corrected chi connectivity index (χ1v) is 7.17. The second-order valence-electron chi connectivity index (χ2n) is 5.28. The van der Waals surface area contributed by atoms with Gasteiger partial charge in [0.25, 0.3) is 5.91 Å². The number of hydrogen-bond acceptors (Lipinski definition) is 4. The van der Waals surface area contributed by atoms with E-state index in [0.717, 1.165) is 11.4 Å². The lowest BCUT2D eigenvalue weighted by atomic mass is 10.3. The summed E-state index contributed by atoms with van der Waals surface area (Å²) in [5.74, 6) is -0.360. The second kappa shape index (κ2) is 5.96. The maximum absolute atomic E-state index is 12.2. The maximum Gasteiger partial charge on any atom is 0.276 e. The van der Waals surface area contributed by atoms with Crippen molar-refractivity contribution < 1.29 is 9.90 Å². The Morgan fingerprint density at radius 2 is 2.00 bits per heavy atom. The fraction of sp³-hybridized carbons (Fsp3) is 0.188. The summed E-state index contributed by atoms with van der Waals surface area (Å²) in [5.41, 5.74) is 2.59. The lowest BCUT2D eigenvalue weighted by Crippen LogP contribution is -2.15. The third-order valence-corrected chi connectivity index (χ3v) is 3.41. The Labute approximate surface area is 133 Å². The quantitative estimate of drug-likeness (QED) is 0.723. The van der Waals surface area contributed by atoms with Gasteiger partial charge in [0.1, 0.15) is 12.4 Å². The summed E-state index contributed by atoms with van der Waals surface area (Å²) in [5, 5.41) is 20.9. The smallest absolute Gasteiger partial charge is 0.276 e. The van der Waals surface area contributed by atoms with Crippen LogP contribution in [-0.2, 0) is 6.67 Å². The average molecular weight is 311 g/mol. The minimum atomic E-state index is -0.376. The number of amides is 1. The summed E-state index contributed by atoms with van der Waals surface area (Å²) in [6.07, 6.45) is 1.72. The van der Waals surface area contributed by atoms with Crippen molar-refractivity contribution in [2.75, 3.05) is 5.32 Å². The van der Waals surface area contributed by atoms with Crippen LogP contribution in [0.15, 0.2) is 42.6 Å². The molecule has 0 fully saturated rings. The van der Waals surface area contributed by atoms with Gasteiger partial charge in [-0.25, -0.2) is 4.68 Å². The molecule has 2 heterocycles. The van der Waals surface area contributed by atoms with Crippen molar-refractivity contribution in [1.29, 1.82) is 0 Å². The molecule has 0 spiro atoms. The van der Waals surface area contributed by atoms with E-state index in [9.17, 15) is 9.90 Å². The number of carbonyl (C=O) groups excluding carboxylic acids is 1. The number of aryl methyl sites for hydroxylation is 2. The first-order valence-electron chi connectivity index (χ1n) is 7.17. The molecule has 3 rings (SSSR count). The fourth-order valence-corrected chi connectivity index (χ4v) is 2.28. The zero-order valence-corrected chi connectivity index (χ0v) is 12.9. The highest BCUT2D eigenvalue weighted by atomic mass is 16.3. The van der Waals surface area contributed by atoms with E-state index in [0.29, 0.717) is 12.4 Å². The number of anilines is 1. The predicted molar refractivity (Wildman–Crippen MR) is 85.4 cm³/mol. The minimum Gasteiger partial charge on any atom is -0.506 e. The van der Waals surface area contributed by atoms with Gasteiger partial charge in [-0.3, -0.25) is 9.48 Å². The maximum atomic E-state index is 12.2. The van der Waals surface area contributed by atoms with Crippen LogP contribution in [-0.4, -0.2) is 30.6 Å². The number of hydrogen-bond donors (Lipinski definition) is 2. The van der Waals surface area contributed by atoms with E-state index in [1.807, 2.05) is 24.6 Å². The molecule has 1 amide bonds. The molecule has 2 aromatic heterocycles. The third-order valence-electron chi connectivity index (χ3n) is 3.41. The van der Waals surface area contributed by atoms with E-state index in [-0.39, 0.29) is 17.4 Å². The molecule has 0 saturated heterocycles. The molecule has 0 atom stereocenters. The Bertz CT molecular complexity index is 850. The third kappa shape index (κ3) is 3.23. The van der Waals surface area contributed by atoms with Crippen molar-refractivity contribution in [3.63, 3.8) is 0 Å². The van der Waals surface area contributed by atoms with Gasteiger partial charge in [-0.05, 0) is 38.1 Å². The molecule has 0 aliphatic heterocycles. The molecular formula is C16H17N5O2. The van der Waals surface area contributed by atoms with Crippen LogP contribution in [0.2, 0.25) is 0 Å². The first kappa shape index (κ1) is 14.8. The minimum absolute atomic E-state index is 0.0166. The van der Waals surface area contributed by atoms with Gasteiger partial charge in [-0.2, -0.15) is 10.2 Å². The molecule has 0 aliphatic carbocycles. The van der Waals surface area contributed by atoms with Crippen LogP contribution in [0.5, 0.6) is 5.75 Å². The number of aromatic hydroxyl groups is 1. The van der Waals surface area contributed by atoms with Crippen LogP contribution in [0, 0.1) is 13.8 Å².